The molecular weight excluding hydrogens is 283 g/mol. The largest absolute Gasteiger partial charge is 0.505 e. The molecule has 22 heavy (non-hydrogen) atoms. The summed E-state index contributed by atoms with van der Waals surface area (Å²) in [5, 5.41) is 13.7. The van der Waals surface area contributed by atoms with Crippen molar-refractivity contribution in [2.45, 2.75) is 6.54 Å². The molecule has 0 radical (unpaired) electrons. The van der Waals surface area contributed by atoms with Crippen molar-refractivity contribution in [3.8, 4) is 17.0 Å². The van der Waals surface area contributed by atoms with Crippen LogP contribution >= 0.6 is 0 Å². The van der Waals surface area contributed by atoms with Gasteiger partial charge in [0.05, 0.1) is 12.2 Å². The van der Waals surface area contributed by atoms with Crippen LogP contribution in [0.15, 0.2) is 65.5 Å². The van der Waals surface area contributed by atoms with Crippen LogP contribution in [0.5, 0.6) is 5.75 Å². The van der Waals surface area contributed by atoms with E-state index < -0.39 is 11.6 Å². The lowest BCUT2D eigenvalue weighted by Crippen LogP contribution is -2.22. The average molecular weight is 296 g/mol. The van der Waals surface area contributed by atoms with Crippen molar-refractivity contribution in [3.63, 3.8) is 0 Å². The molecule has 1 heterocycles. The van der Waals surface area contributed by atoms with Gasteiger partial charge in [-0.25, -0.2) is 9.07 Å². The van der Waals surface area contributed by atoms with Crippen LogP contribution in [-0.4, -0.2) is 14.9 Å². The Hall–Kier alpha value is -2.95. The molecule has 0 saturated heterocycles. The summed E-state index contributed by atoms with van der Waals surface area (Å²) < 4.78 is 14.5. The van der Waals surface area contributed by atoms with Gasteiger partial charge in [-0.3, -0.25) is 4.79 Å². The zero-order valence-electron chi connectivity index (χ0n) is 11.6. The topological polar surface area (TPSA) is 55.1 Å². The van der Waals surface area contributed by atoms with E-state index in [9.17, 15) is 14.3 Å². The second-order valence-electron chi connectivity index (χ2n) is 4.87. The molecule has 0 unspecified atom stereocenters. The summed E-state index contributed by atoms with van der Waals surface area (Å²) in [5.41, 5.74) is 1.77. The zero-order valence-corrected chi connectivity index (χ0v) is 11.6. The number of rotatable bonds is 3. The summed E-state index contributed by atoms with van der Waals surface area (Å²) in [5.74, 6) is -1.14. The van der Waals surface area contributed by atoms with Crippen LogP contribution in [0.25, 0.3) is 11.3 Å². The SMILES string of the molecule is O=c1ccc(-c2ccc(F)c(O)c2)nn1Cc1ccccc1. The van der Waals surface area contributed by atoms with Gasteiger partial charge < -0.3 is 5.11 Å². The van der Waals surface area contributed by atoms with Gasteiger partial charge >= 0.3 is 0 Å². The molecule has 0 amide bonds. The molecule has 1 aromatic heterocycles. The summed E-state index contributed by atoms with van der Waals surface area (Å²) in [6.07, 6.45) is 0. The Balaban J connectivity index is 1.99. The summed E-state index contributed by atoms with van der Waals surface area (Å²) in [4.78, 5) is 11.9. The van der Waals surface area contributed by atoms with Gasteiger partial charge in [0.25, 0.3) is 5.56 Å². The van der Waals surface area contributed by atoms with Crippen LogP contribution in [0.3, 0.4) is 0 Å². The predicted octanol–water partition coefficient (Wildman–Crippen LogP) is 2.80. The van der Waals surface area contributed by atoms with Gasteiger partial charge in [-0.05, 0) is 29.8 Å². The molecule has 0 aliphatic rings. The fourth-order valence-corrected chi connectivity index (χ4v) is 2.14. The Morgan fingerprint density at radius 2 is 1.82 bits per heavy atom. The highest BCUT2D eigenvalue weighted by Gasteiger charge is 2.07. The summed E-state index contributed by atoms with van der Waals surface area (Å²) in [7, 11) is 0. The minimum absolute atomic E-state index is 0.223. The maximum absolute atomic E-state index is 13.1. The third kappa shape index (κ3) is 2.88. The molecule has 1 N–H and O–H groups in total. The van der Waals surface area contributed by atoms with Gasteiger partial charge in [0.2, 0.25) is 0 Å². The molecule has 110 valence electrons. The first-order valence-corrected chi connectivity index (χ1v) is 6.74. The maximum atomic E-state index is 13.1. The van der Waals surface area contributed by atoms with Crippen molar-refractivity contribution in [3.05, 3.63) is 82.4 Å². The first-order valence-electron chi connectivity index (χ1n) is 6.74. The number of halogens is 1. The number of phenols is 1. The smallest absolute Gasteiger partial charge is 0.267 e. The second-order valence-corrected chi connectivity index (χ2v) is 4.87. The van der Waals surface area contributed by atoms with E-state index in [1.807, 2.05) is 30.3 Å². The van der Waals surface area contributed by atoms with Crippen molar-refractivity contribution in [1.82, 2.24) is 9.78 Å². The Labute approximate surface area is 126 Å². The van der Waals surface area contributed by atoms with E-state index in [1.165, 1.54) is 28.9 Å². The number of hydrogen-bond acceptors (Lipinski definition) is 3. The third-order valence-corrected chi connectivity index (χ3v) is 3.28. The first-order chi connectivity index (χ1) is 10.6. The molecule has 0 atom stereocenters. The second kappa shape index (κ2) is 5.81. The summed E-state index contributed by atoms with van der Waals surface area (Å²) in [6, 6.07) is 16.4. The first kappa shape index (κ1) is 14.0. The highest BCUT2D eigenvalue weighted by Crippen LogP contribution is 2.23. The molecule has 3 aromatic rings. The van der Waals surface area contributed by atoms with Gasteiger partial charge in [0.1, 0.15) is 0 Å². The van der Waals surface area contributed by atoms with E-state index in [0.29, 0.717) is 17.8 Å². The number of nitrogens with zero attached hydrogens (tertiary/aromatic N) is 2. The van der Waals surface area contributed by atoms with E-state index in [-0.39, 0.29) is 5.56 Å². The Kier molecular flexibility index (Phi) is 3.70. The van der Waals surface area contributed by atoms with Crippen LogP contribution < -0.4 is 5.56 Å². The Bertz CT molecular complexity index is 860. The molecule has 0 bridgehead atoms. The van der Waals surface area contributed by atoms with Crippen molar-refractivity contribution in [2.24, 2.45) is 0 Å². The number of benzene rings is 2. The van der Waals surface area contributed by atoms with Gasteiger partial charge in [-0.15, -0.1) is 0 Å². The van der Waals surface area contributed by atoms with Gasteiger partial charge in [-0.1, -0.05) is 30.3 Å². The van der Waals surface area contributed by atoms with E-state index in [4.69, 9.17) is 0 Å². The molecule has 0 fully saturated rings. The minimum Gasteiger partial charge on any atom is -0.505 e. The molecule has 0 aliphatic heterocycles. The highest BCUT2D eigenvalue weighted by molar-refractivity contribution is 5.60. The lowest BCUT2D eigenvalue weighted by Gasteiger charge is -2.08. The van der Waals surface area contributed by atoms with E-state index in [2.05, 4.69) is 5.10 Å². The van der Waals surface area contributed by atoms with Gasteiger partial charge in [-0.2, -0.15) is 5.10 Å². The lowest BCUT2D eigenvalue weighted by molar-refractivity contribution is 0.432. The molecule has 0 aliphatic carbocycles. The monoisotopic (exact) mass is 296 g/mol. The molecule has 5 heteroatoms. The highest BCUT2D eigenvalue weighted by atomic mass is 19.1. The van der Waals surface area contributed by atoms with E-state index in [1.54, 1.807) is 6.07 Å². The molecule has 0 spiro atoms. The summed E-state index contributed by atoms with van der Waals surface area (Å²) in [6.45, 7) is 0.348. The predicted molar refractivity (Wildman–Crippen MR) is 81.1 cm³/mol. The number of phenolic OH excluding ortho intramolecular Hbond substituents is 1. The molecule has 0 saturated carbocycles. The Morgan fingerprint density at radius 1 is 1.05 bits per heavy atom. The van der Waals surface area contributed by atoms with E-state index in [0.717, 1.165) is 5.56 Å². The molecule has 2 aromatic carbocycles. The van der Waals surface area contributed by atoms with Crippen molar-refractivity contribution in [2.75, 3.05) is 0 Å². The van der Waals surface area contributed by atoms with Crippen LogP contribution in [0, 0.1) is 5.82 Å². The van der Waals surface area contributed by atoms with Crippen LogP contribution in [0.1, 0.15) is 5.56 Å². The normalized spacial score (nSPS) is 10.6. The quantitative estimate of drug-likeness (QED) is 0.808. The van der Waals surface area contributed by atoms with Crippen molar-refractivity contribution >= 4 is 0 Å². The molecular formula is C17H13FN2O2. The standard InChI is InChI=1S/C17H13FN2O2/c18-14-7-6-13(10-16(14)21)15-8-9-17(22)20(19-15)11-12-4-2-1-3-5-12/h1-10,21H,11H2. The number of hydrogen-bond donors (Lipinski definition) is 1. The Morgan fingerprint density at radius 3 is 2.55 bits per heavy atom. The molecule has 4 nitrogen and oxygen atoms in total. The van der Waals surface area contributed by atoms with E-state index >= 15 is 0 Å². The molecule has 3 rings (SSSR count). The fraction of sp³-hybridized carbons (Fsp3) is 0.0588. The number of aromatic nitrogens is 2. The third-order valence-electron chi connectivity index (χ3n) is 3.28. The fourth-order valence-electron chi connectivity index (χ4n) is 2.14. The average Bonchev–Trinajstić information content (AvgIpc) is 2.53. The number of aromatic hydroxyl groups is 1. The van der Waals surface area contributed by atoms with Crippen LogP contribution in [0.4, 0.5) is 4.39 Å². The van der Waals surface area contributed by atoms with Crippen LogP contribution in [0.2, 0.25) is 0 Å². The van der Waals surface area contributed by atoms with Gasteiger partial charge in [0, 0.05) is 11.6 Å². The lowest BCUT2D eigenvalue weighted by atomic mass is 10.1. The van der Waals surface area contributed by atoms with Crippen molar-refractivity contribution in [1.29, 1.82) is 0 Å². The van der Waals surface area contributed by atoms with Gasteiger partial charge in [0.15, 0.2) is 11.6 Å². The van der Waals surface area contributed by atoms with Crippen LogP contribution in [-0.2, 0) is 6.54 Å². The maximum Gasteiger partial charge on any atom is 0.267 e. The van der Waals surface area contributed by atoms with Crippen molar-refractivity contribution < 1.29 is 9.50 Å². The minimum atomic E-state index is -0.693. The summed E-state index contributed by atoms with van der Waals surface area (Å²) >= 11 is 0. The zero-order chi connectivity index (χ0) is 15.5.